The molecule has 5 aromatic rings. The van der Waals surface area contributed by atoms with Gasteiger partial charge in [0.25, 0.3) is 21.6 Å². The van der Waals surface area contributed by atoms with Gasteiger partial charge in [-0.3, -0.25) is 19.8 Å². The van der Waals surface area contributed by atoms with Gasteiger partial charge in [-0.25, -0.2) is 13.1 Å². The first kappa shape index (κ1) is 44.7. The van der Waals surface area contributed by atoms with Gasteiger partial charge >= 0.3 is 0 Å². The Morgan fingerprint density at radius 3 is 2.59 bits per heavy atom. The van der Waals surface area contributed by atoms with Crippen LogP contribution in [-0.2, 0) is 14.8 Å². The maximum absolute atomic E-state index is 14.6. The zero-order valence-electron chi connectivity index (χ0n) is 38.8. The van der Waals surface area contributed by atoms with Crippen molar-refractivity contribution in [3.05, 3.63) is 106 Å². The quantitative estimate of drug-likeness (QED) is 0.0692. The number of sulfonamides is 1. The Kier molecular flexibility index (Phi) is 11.2. The molecule has 0 bridgehead atoms. The van der Waals surface area contributed by atoms with Crippen molar-refractivity contribution < 1.29 is 32.7 Å². The summed E-state index contributed by atoms with van der Waals surface area (Å²) in [6.45, 7) is 10.3. The van der Waals surface area contributed by atoms with Crippen molar-refractivity contribution >= 4 is 55.4 Å². The van der Waals surface area contributed by atoms with E-state index in [1.165, 1.54) is 36.1 Å². The summed E-state index contributed by atoms with van der Waals surface area (Å²) in [5.41, 5.74) is 4.92. The van der Waals surface area contributed by atoms with E-state index in [0.29, 0.717) is 73.5 Å². The molecule has 1 amide bonds. The predicted molar refractivity (Wildman–Crippen MR) is 259 cm³/mol. The second-order valence-electron chi connectivity index (χ2n) is 20.9. The lowest BCUT2D eigenvalue weighted by Gasteiger charge is -2.62. The summed E-state index contributed by atoms with van der Waals surface area (Å²) >= 11 is 0. The van der Waals surface area contributed by atoms with Crippen LogP contribution in [0.15, 0.2) is 83.9 Å². The third-order valence-corrected chi connectivity index (χ3v) is 17.1. The standard InChI is InChI=1S/C51H60N8O8S/c1-31(2)37-7-4-5-8-38(37)41-9-6-20-57(41)35-24-51(25-35)29-56(30-51)34-10-12-39(42(22-34)58-44-21-33-16-19-52-47(33)54-49(44)67-46-28-66-27-45(46)58)48(60)55-68(64,65)36-11-13-40(43(23-36)59(62)63)53-26-32-14-17-50(3,61)18-15-32/h4-5,7-8,10-13,16,19,21-23,31-32,35,41,45-46,53,61H,6,9,14-15,17-18,20,24-30H2,1-3H3,(H,52,54)(H,55,60)/t32?,41-,45-,46-,50?/m0/s1. The first-order valence-corrected chi connectivity index (χ1v) is 25.7. The third kappa shape index (κ3) is 8.13. The lowest BCUT2D eigenvalue weighted by molar-refractivity contribution is -0.384. The molecule has 2 aliphatic carbocycles. The fourth-order valence-electron chi connectivity index (χ4n) is 12.1. The first-order valence-electron chi connectivity index (χ1n) is 24.2. The number of fused-ring (bicyclic) bond motifs is 3. The van der Waals surface area contributed by atoms with Crippen LogP contribution in [0.5, 0.6) is 5.88 Å². The minimum atomic E-state index is -4.61. The van der Waals surface area contributed by atoms with Crippen LogP contribution in [0.2, 0.25) is 0 Å². The lowest BCUT2D eigenvalue weighted by atomic mass is 9.60. The number of benzene rings is 3. The van der Waals surface area contributed by atoms with Gasteiger partial charge in [0.05, 0.1) is 45.9 Å². The number of pyridine rings is 1. The molecule has 2 saturated carbocycles. The van der Waals surface area contributed by atoms with Crippen molar-refractivity contribution in [2.75, 3.05) is 54.5 Å². The highest BCUT2D eigenvalue weighted by Crippen LogP contribution is 2.55. The summed E-state index contributed by atoms with van der Waals surface area (Å²) in [6.07, 6.45) is 8.84. The Bertz CT molecular complexity index is 2880. The van der Waals surface area contributed by atoms with E-state index in [4.69, 9.17) is 14.5 Å². The van der Waals surface area contributed by atoms with E-state index in [-0.39, 0.29) is 28.6 Å². The lowest BCUT2D eigenvalue weighted by Crippen LogP contribution is -2.66. The minimum Gasteiger partial charge on any atom is -0.468 e. The smallest absolute Gasteiger partial charge is 0.293 e. The highest BCUT2D eigenvalue weighted by Gasteiger charge is 2.55. The van der Waals surface area contributed by atoms with Gasteiger partial charge in [-0.15, -0.1) is 0 Å². The van der Waals surface area contributed by atoms with Gasteiger partial charge in [-0.1, -0.05) is 38.1 Å². The molecular formula is C51H60N8O8S. The number of ether oxygens (including phenoxy) is 2. The number of hydrogen-bond donors (Lipinski definition) is 4. The van der Waals surface area contributed by atoms with Crippen LogP contribution in [0.4, 0.5) is 28.4 Å². The summed E-state index contributed by atoms with van der Waals surface area (Å²) in [5.74, 6) is 0.156. The number of likely N-dealkylation sites (tertiary alicyclic amines) is 1. The minimum absolute atomic E-state index is 0.102. The molecule has 4 aliphatic heterocycles. The molecular weight excluding hydrogens is 885 g/mol. The van der Waals surface area contributed by atoms with E-state index in [1.54, 1.807) is 12.3 Å². The SMILES string of the molecule is CC(C)c1ccccc1[C@@H]1CCCN1C1CC2(C1)CN(c1ccc(C(=O)NS(=O)(=O)c3ccc(NCC4CCC(C)(O)CC4)c([N+](=O)[O-])c3)c(N3c4cc5cc[nH]c5nc4O[C@H]4COC[C@@H]43)c1)C2. The molecule has 0 radical (unpaired) electrons. The van der Waals surface area contributed by atoms with Crippen molar-refractivity contribution in [3.8, 4) is 5.88 Å². The van der Waals surface area contributed by atoms with E-state index < -0.39 is 43.1 Å². The van der Waals surface area contributed by atoms with Crippen molar-refractivity contribution in [1.29, 1.82) is 0 Å². The number of aliphatic hydroxyl groups is 1. The van der Waals surface area contributed by atoms with E-state index >= 15 is 0 Å². The largest absolute Gasteiger partial charge is 0.468 e. The number of nitrogens with one attached hydrogen (secondary N) is 3. The number of anilines is 4. The van der Waals surface area contributed by atoms with Crippen molar-refractivity contribution in [2.45, 2.75) is 113 Å². The normalized spacial score (nSPS) is 25.7. The van der Waals surface area contributed by atoms with Gasteiger partial charge in [0.15, 0.2) is 0 Å². The predicted octanol–water partition coefficient (Wildman–Crippen LogP) is 8.17. The Labute approximate surface area is 396 Å². The van der Waals surface area contributed by atoms with Gasteiger partial charge in [0.1, 0.15) is 23.1 Å². The average molecular weight is 945 g/mol. The number of rotatable bonds is 12. The number of carbonyl (C=O) groups excluding carboxylic acids is 1. The van der Waals surface area contributed by atoms with Crippen LogP contribution in [0, 0.1) is 21.4 Å². The first-order chi connectivity index (χ1) is 32.6. The number of aromatic nitrogens is 2. The van der Waals surface area contributed by atoms with Gasteiger partial charge in [0, 0.05) is 60.5 Å². The van der Waals surface area contributed by atoms with E-state index in [2.05, 4.69) is 62.9 Å². The molecule has 358 valence electrons. The molecule has 5 fully saturated rings. The number of carbonyl (C=O) groups is 1. The highest BCUT2D eigenvalue weighted by molar-refractivity contribution is 7.90. The molecule has 0 unspecified atom stereocenters. The highest BCUT2D eigenvalue weighted by atomic mass is 32.2. The van der Waals surface area contributed by atoms with Crippen LogP contribution in [0.1, 0.15) is 106 Å². The monoisotopic (exact) mass is 944 g/mol. The molecule has 3 aromatic carbocycles. The van der Waals surface area contributed by atoms with Crippen LogP contribution >= 0.6 is 0 Å². The average Bonchev–Trinajstić information content (AvgIpc) is 4.08. The molecule has 16 nitrogen and oxygen atoms in total. The summed E-state index contributed by atoms with van der Waals surface area (Å²) in [7, 11) is -4.61. The topological polar surface area (TPSA) is 196 Å². The molecule has 3 atom stereocenters. The van der Waals surface area contributed by atoms with Gasteiger partial charge in [-0.05, 0) is 130 Å². The molecule has 68 heavy (non-hydrogen) atoms. The maximum atomic E-state index is 14.6. The molecule has 6 heterocycles. The molecule has 2 aromatic heterocycles. The van der Waals surface area contributed by atoms with Crippen LogP contribution in [-0.4, -0.2) is 102 Å². The molecule has 4 N–H and O–H groups in total. The van der Waals surface area contributed by atoms with E-state index in [0.717, 1.165) is 62.5 Å². The Hall–Kier alpha value is -5.75. The second kappa shape index (κ2) is 17.0. The Morgan fingerprint density at radius 2 is 1.81 bits per heavy atom. The second-order valence-corrected chi connectivity index (χ2v) is 22.5. The van der Waals surface area contributed by atoms with Crippen LogP contribution < -0.4 is 24.6 Å². The number of H-pyrrole nitrogens is 1. The molecule has 1 spiro atoms. The maximum Gasteiger partial charge on any atom is 0.293 e. The third-order valence-electron chi connectivity index (χ3n) is 15.8. The molecule has 6 aliphatic rings. The van der Waals surface area contributed by atoms with Gasteiger partial charge in [-0.2, -0.15) is 4.98 Å². The van der Waals surface area contributed by atoms with Gasteiger partial charge < -0.3 is 34.7 Å². The number of nitro benzene ring substituents is 1. The summed E-state index contributed by atoms with van der Waals surface area (Å²) in [5, 5.41) is 26.7. The van der Waals surface area contributed by atoms with Gasteiger partial charge in [0.2, 0.25) is 5.88 Å². The summed E-state index contributed by atoms with van der Waals surface area (Å²) < 4.78 is 42.8. The summed E-state index contributed by atoms with van der Waals surface area (Å²) in [4.78, 5) is 40.9. The van der Waals surface area contributed by atoms with Crippen LogP contribution in [0.3, 0.4) is 0 Å². The Balaban J connectivity index is 0.865. The Morgan fingerprint density at radius 1 is 1.01 bits per heavy atom. The van der Waals surface area contributed by atoms with Crippen molar-refractivity contribution in [3.63, 3.8) is 0 Å². The van der Waals surface area contributed by atoms with Crippen LogP contribution in [0.25, 0.3) is 11.0 Å². The van der Waals surface area contributed by atoms with Crippen molar-refractivity contribution in [1.82, 2.24) is 19.6 Å². The number of nitrogens with zero attached hydrogens (tertiary/aromatic N) is 5. The number of hydrogen-bond acceptors (Lipinski definition) is 13. The summed E-state index contributed by atoms with van der Waals surface area (Å²) in [6, 6.07) is 22.6. The van der Waals surface area contributed by atoms with E-state index in [9.17, 15) is 28.4 Å². The van der Waals surface area contributed by atoms with Crippen molar-refractivity contribution in [2.24, 2.45) is 11.3 Å². The number of aromatic amines is 1. The number of nitro groups is 1. The molecule has 17 heteroatoms. The zero-order valence-corrected chi connectivity index (χ0v) is 39.6. The molecule has 11 rings (SSSR count). The fourth-order valence-corrected chi connectivity index (χ4v) is 13.1. The fraction of sp³-hybridized carbons (Fsp3) is 0.490. The zero-order chi connectivity index (χ0) is 47.1. The van der Waals surface area contributed by atoms with E-state index in [1.807, 2.05) is 36.1 Å². The molecule has 3 saturated heterocycles. The number of amides is 1.